The first-order valence-electron chi connectivity index (χ1n) is 10.4. The second-order valence-electron chi connectivity index (χ2n) is 7.47. The Morgan fingerprint density at radius 1 is 1.29 bits per heavy atom. The molecule has 3 aromatic rings. The van der Waals surface area contributed by atoms with E-state index in [1.165, 1.54) is 33.7 Å². The maximum absolute atomic E-state index is 13.0. The van der Waals surface area contributed by atoms with Gasteiger partial charge in [-0.15, -0.1) is 38.4 Å². The van der Waals surface area contributed by atoms with Crippen molar-refractivity contribution in [2.45, 2.75) is 16.4 Å². The average molecular weight is 579 g/mol. The number of β-lactam (4-membered cyclic amide) rings is 1. The Balaban J connectivity index is 1.29. The summed E-state index contributed by atoms with van der Waals surface area (Å²) in [6, 6.07) is 2.32. The van der Waals surface area contributed by atoms with E-state index in [4.69, 9.17) is 5.11 Å². The van der Waals surface area contributed by atoms with Crippen LogP contribution in [0.25, 0.3) is 5.65 Å². The van der Waals surface area contributed by atoms with E-state index in [-0.39, 0.29) is 17.3 Å². The topological polar surface area (TPSA) is 227 Å². The van der Waals surface area contributed by atoms with E-state index in [0.29, 0.717) is 22.0 Å². The highest BCUT2D eigenvalue weighted by molar-refractivity contribution is 8.01. The number of carbonyl (C=O) groups is 4. The standard InChI is InChI=1S/C18H14N10O7S3/c29-10(30)3-35-23-11(14-19-6-38-24-14)15(31)20-12-16(32)27-13(18(33)34)7(5-37-17(12)27)4-36-9-2-1-8-21-25-26-28(8)22-9/h1-2,6,12,17H,3-5H2,(H,20,31)(H,29,30)(H,33,34)/t12?,17-/m1/s1. The van der Waals surface area contributed by atoms with Gasteiger partial charge in [-0.05, 0) is 39.7 Å². The van der Waals surface area contributed by atoms with Crippen molar-refractivity contribution in [1.29, 1.82) is 0 Å². The number of aliphatic carboxylic acids is 2. The molecule has 0 bridgehead atoms. The normalized spacial score (nSPS) is 19.2. The second-order valence-corrected chi connectivity index (χ2v) is 10.2. The first-order valence-corrected chi connectivity index (χ1v) is 13.3. The molecule has 3 aromatic heterocycles. The maximum Gasteiger partial charge on any atom is 0.352 e. The number of tetrazole rings is 1. The number of aromatic nitrogens is 7. The number of carboxylic acids is 2. The van der Waals surface area contributed by atoms with Gasteiger partial charge < -0.3 is 20.4 Å². The quantitative estimate of drug-likeness (QED) is 0.110. The fraction of sp³-hybridized carbons (Fsp3) is 0.278. The van der Waals surface area contributed by atoms with Crippen LogP contribution < -0.4 is 5.32 Å². The molecule has 0 spiro atoms. The minimum Gasteiger partial charge on any atom is -0.479 e. The summed E-state index contributed by atoms with van der Waals surface area (Å²) in [6.45, 7) is -0.803. The number of fused-ring (bicyclic) bond motifs is 2. The first-order chi connectivity index (χ1) is 18.3. The van der Waals surface area contributed by atoms with Crippen molar-refractivity contribution in [2.75, 3.05) is 18.1 Å². The Kier molecular flexibility index (Phi) is 7.15. The predicted octanol–water partition coefficient (Wildman–Crippen LogP) is -1.29. The maximum atomic E-state index is 13.0. The Bertz CT molecular complexity index is 1490. The average Bonchev–Trinajstić information content (AvgIpc) is 3.59. The molecule has 0 aromatic carbocycles. The summed E-state index contributed by atoms with van der Waals surface area (Å²) in [5, 5.41) is 39.8. The number of oxime groups is 1. The molecule has 1 unspecified atom stereocenters. The molecule has 5 heterocycles. The van der Waals surface area contributed by atoms with Crippen molar-refractivity contribution < 1.29 is 34.2 Å². The lowest BCUT2D eigenvalue weighted by atomic mass is 10.0. The molecule has 20 heteroatoms. The van der Waals surface area contributed by atoms with Crippen LogP contribution in [0.2, 0.25) is 0 Å². The van der Waals surface area contributed by atoms with E-state index in [1.54, 1.807) is 12.1 Å². The highest BCUT2D eigenvalue weighted by Crippen LogP contribution is 2.41. The highest BCUT2D eigenvalue weighted by Gasteiger charge is 2.54. The van der Waals surface area contributed by atoms with Crippen molar-refractivity contribution in [1.82, 2.24) is 44.8 Å². The van der Waals surface area contributed by atoms with Crippen LogP contribution in [-0.2, 0) is 24.0 Å². The molecule has 2 aliphatic heterocycles. The summed E-state index contributed by atoms with van der Waals surface area (Å²) in [4.78, 5) is 58.3. The summed E-state index contributed by atoms with van der Waals surface area (Å²) in [5.74, 6) is -3.66. The smallest absolute Gasteiger partial charge is 0.352 e. The number of carbonyl (C=O) groups excluding carboxylic acids is 2. The first kappa shape index (κ1) is 25.5. The molecule has 0 saturated carbocycles. The van der Waals surface area contributed by atoms with E-state index in [1.807, 2.05) is 0 Å². The van der Waals surface area contributed by atoms with E-state index in [0.717, 1.165) is 16.4 Å². The molecule has 38 heavy (non-hydrogen) atoms. The van der Waals surface area contributed by atoms with Crippen LogP contribution in [0, 0.1) is 0 Å². The van der Waals surface area contributed by atoms with Gasteiger partial charge in [0.25, 0.3) is 11.8 Å². The zero-order chi connectivity index (χ0) is 26.8. The lowest BCUT2D eigenvalue weighted by Gasteiger charge is -2.49. The van der Waals surface area contributed by atoms with Crippen molar-refractivity contribution in [3.05, 3.63) is 34.7 Å². The molecule has 2 amide bonds. The van der Waals surface area contributed by atoms with Gasteiger partial charge >= 0.3 is 11.9 Å². The number of hydrogen-bond donors (Lipinski definition) is 3. The van der Waals surface area contributed by atoms with Gasteiger partial charge in [0.05, 0.1) is 0 Å². The summed E-state index contributed by atoms with van der Waals surface area (Å²) >= 11 is 3.48. The molecule has 2 aliphatic rings. The Hall–Kier alpha value is -4.17. The summed E-state index contributed by atoms with van der Waals surface area (Å²) < 4.78 is 5.15. The van der Waals surface area contributed by atoms with Crippen molar-refractivity contribution in [2.24, 2.45) is 5.16 Å². The molecule has 0 radical (unpaired) electrons. The van der Waals surface area contributed by atoms with Crippen molar-refractivity contribution in [3.8, 4) is 0 Å². The second kappa shape index (κ2) is 10.7. The SMILES string of the molecule is O=C(O)CON=C(C(=O)NC1C(=O)N2C(C(=O)O)=C(CSc3ccc4nnnn4n3)CS[C@H]12)c1ncsn1. The van der Waals surface area contributed by atoms with E-state index in [2.05, 4.69) is 45.3 Å². The third kappa shape index (κ3) is 4.99. The van der Waals surface area contributed by atoms with Crippen LogP contribution in [-0.4, -0.2) is 109 Å². The third-order valence-corrected chi connectivity index (χ3v) is 7.93. The van der Waals surface area contributed by atoms with Gasteiger partial charge in [0.1, 0.15) is 27.6 Å². The zero-order valence-corrected chi connectivity index (χ0v) is 21.1. The van der Waals surface area contributed by atoms with E-state index >= 15 is 0 Å². The summed E-state index contributed by atoms with van der Waals surface area (Å²) in [6.07, 6.45) is 0. The van der Waals surface area contributed by atoms with Gasteiger partial charge in [0.2, 0.25) is 18.1 Å². The van der Waals surface area contributed by atoms with Crippen LogP contribution in [0.1, 0.15) is 5.82 Å². The highest BCUT2D eigenvalue weighted by atomic mass is 32.2. The number of nitrogens with one attached hydrogen (secondary N) is 1. The molecule has 0 aliphatic carbocycles. The van der Waals surface area contributed by atoms with Gasteiger partial charge in [0, 0.05) is 11.5 Å². The van der Waals surface area contributed by atoms with Crippen molar-refractivity contribution >= 4 is 70.2 Å². The lowest BCUT2D eigenvalue weighted by Crippen LogP contribution is -2.71. The van der Waals surface area contributed by atoms with E-state index < -0.39 is 47.5 Å². The summed E-state index contributed by atoms with van der Waals surface area (Å²) in [5.41, 5.74) is 1.74. The minimum atomic E-state index is -1.31. The van der Waals surface area contributed by atoms with Gasteiger partial charge in [-0.1, -0.05) is 5.16 Å². The molecular formula is C18H14N10O7S3. The molecule has 5 rings (SSSR count). The third-order valence-electron chi connectivity index (χ3n) is 5.11. The minimum absolute atomic E-state index is 0.114. The number of nitrogens with zero attached hydrogens (tertiary/aromatic N) is 9. The molecule has 17 nitrogen and oxygen atoms in total. The molecule has 2 atom stereocenters. The van der Waals surface area contributed by atoms with Crippen LogP contribution in [0.5, 0.6) is 0 Å². The van der Waals surface area contributed by atoms with Gasteiger partial charge in [0.15, 0.2) is 5.65 Å². The van der Waals surface area contributed by atoms with Crippen LogP contribution in [0.3, 0.4) is 0 Å². The monoisotopic (exact) mass is 578 g/mol. The van der Waals surface area contributed by atoms with Crippen LogP contribution >= 0.6 is 35.1 Å². The Morgan fingerprint density at radius 2 is 2.13 bits per heavy atom. The summed E-state index contributed by atoms with van der Waals surface area (Å²) in [7, 11) is 0. The number of hydrogen-bond acceptors (Lipinski definition) is 15. The number of carboxylic acid groups (broad SMARTS) is 2. The largest absolute Gasteiger partial charge is 0.479 e. The Morgan fingerprint density at radius 3 is 2.87 bits per heavy atom. The molecular weight excluding hydrogens is 564 g/mol. The van der Waals surface area contributed by atoms with Crippen LogP contribution in [0.15, 0.2) is 39.1 Å². The lowest BCUT2D eigenvalue weighted by molar-refractivity contribution is -0.150. The fourth-order valence-corrected chi connectivity index (χ4v) is 6.25. The predicted molar refractivity (Wildman–Crippen MR) is 129 cm³/mol. The molecule has 3 N–H and O–H groups in total. The van der Waals surface area contributed by atoms with E-state index in [9.17, 15) is 24.3 Å². The molecule has 1 saturated heterocycles. The van der Waals surface area contributed by atoms with Gasteiger partial charge in [-0.2, -0.15) is 4.37 Å². The molecule has 196 valence electrons. The molecule has 1 fully saturated rings. The number of thioether (sulfide) groups is 2. The zero-order valence-electron chi connectivity index (χ0n) is 18.7. The van der Waals surface area contributed by atoms with Gasteiger partial charge in [-0.3, -0.25) is 14.5 Å². The number of rotatable bonds is 10. The number of amides is 2. The Labute approximate surface area is 223 Å². The van der Waals surface area contributed by atoms with Crippen molar-refractivity contribution in [3.63, 3.8) is 0 Å². The fourth-order valence-electron chi connectivity index (χ4n) is 3.49. The van der Waals surface area contributed by atoms with Gasteiger partial charge in [-0.25, -0.2) is 14.6 Å². The van der Waals surface area contributed by atoms with Crippen LogP contribution in [0.4, 0.5) is 0 Å².